The third kappa shape index (κ3) is 2.44. The van der Waals surface area contributed by atoms with Crippen molar-refractivity contribution >= 4 is 11.7 Å². The van der Waals surface area contributed by atoms with Gasteiger partial charge in [0.15, 0.2) is 0 Å². The average Bonchev–Trinajstić information content (AvgIpc) is 2.97. The molecule has 5 nitrogen and oxygen atoms in total. The number of carbonyl (C=O) groups excluding carboxylic acids is 2. The molecule has 2 heterocycles. The molecule has 2 atom stereocenters. The number of nitrogens with zero attached hydrogens (tertiary/aromatic N) is 3. The molecule has 1 aromatic heterocycles. The van der Waals surface area contributed by atoms with Gasteiger partial charge in [-0.1, -0.05) is 6.42 Å². The van der Waals surface area contributed by atoms with E-state index in [-0.39, 0.29) is 17.9 Å². The quantitative estimate of drug-likeness (QED) is 0.825. The van der Waals surface area contributed by atoms with E-state index in [0.717, 1.165) is 38.6 Å². The molecule has 1 aliphatic heterocycles. The minimum absolute atomic E-state index is 0.0341. The molecule has 2 aliphatic rings. The Morgan fingerprint density at radius 2 is 2.10 bits per heavy atom. The van der Waals surface area contributed by atoms with Crippen molar-refractivity contribution in [3.63, 3.8) is 0 Å². The van der Waals surface area contributed by atoms with E-state index in [0.29, 0.717) is 17.9 Å². The molecular weight excluding hydrogens is 254 g/mol. The maximum atomic E-state index is 12.5. The fourth-order valence-electron chi connectivity index (χ4n) is 3.44. The molecular formula is C15H19N3O2. The molecule has 1 aromatic rings. The lowest BCUT2D eigenvalue weighted by Gasteiger charge is -2.32. The van der Waals surface area contributed by atoms with E-state index >= 15 is 0 Å². The van der Waals surface area contributed by atoms with Gasteiger partial charge in [0.1, 0.15) is 11.5 Å². The summed E-state index contributed by atoms with van der Waals surface area (Å²) >= 11 is 0. The Balaban J connectivity index is 1.78. The van der Waals surface area contributed by atoms with Crippen LogP contribution < -0.4 is 0 Å². The molecule has 1 saturated heterocycles. The highest BCUT2D eigenvalue weighted by atomic mass is 16.2. The maximum Gasteiger partial charge on any atom is 0.274 e. The molecule has 0 radical (unpaired) electrons. The second-order valence-corrected chi connectivity index (χ2v) is 5.62. The number of ketones is 1. The summed E-state index contributed by atoms with van der Waals surface area (Å²) in [5.41, 5.74) is 0.377. The zero-order valence-electron chi connectivity index (χ0n) is 11.5. The summed E-state index contributed by atoms with van der Waals surface area (Å²) in [6.07, 6.45) is 10.2. The second-order valence-electron chi connectivity index (χ2n) is 5.62. The summed E-state index contributed by atoms with van der Waals surface area (Å²) in [5.74, 6) is 0.283. The van der Waals surface area contributed by atoms with Crippen LogP contribution >= 0.6 is 0 Å². The SMILES string of the molecule is O=C1CCCCC1C1CCCN1C(=O)c1cnccn1. The Morgan fingerprint density at radius 3 is 2.85 bits per heavy atom. The lowest BCUT2D eigenvalue weighted by atomic mass is 9.82. The molecule has 1 saturated carbocycles. The fourth-order valence-corrected chi connectivity index (χ4v) is 3.44. The van der Waals surface area contributed by atoms with Crippen LogP contribution in [0.5, 0.6) is 0 Å². The minimum Gasteiger partial charge on any atom is -0.334 e. The van der Waals surface area contributed by atoms with Gasteiger partial charge in [0.25, 0.3) is 5.91 Å². The average molecular weight is 273 g/mol. The predicted octanol–water partition coefficient (Wildman–Crippen LogP) is 1.84. The van der Waals surface area contributed by atoms with Gasteiger partial charge in [0.05, 0.1) is 6.20 Å². The topological polar surface area (TPSA) is 63.2 Å². The molecule has 0 bridgehead atoms. The molecule has 5 heteroatoms. The lowest BCUT2D eigenvalue weighted by Crippen LogP contribution is -2.44. The van der Waals surface area contributed by atoms with Crippen molar-refractivity contribution in [3.05, 3.63) is 24.3 Å². The van der Waals surface area contributed by atoms with E-state index in [2.05, 4.69) is 9.97 Å². The van der Waals surface area contributed by atoms with Crippen molar-refractivity contribution in [2.45, 2.75) is 44.6 Å². The second kappa shape index (κ2) is 5.69. The Bertz CT molecular complexity index is 503. The van der Waals surface area contributed by atoms with Crippen molar-refractivity contribution in [2.75, 3.05) is 6.54 Å². The molecule has 3 rings (SSSR count). The summed E-state index contributed by atoms with van der Waals surface area (Å²) in [5, 5.41) is 0. The number of rotatable bonds is 2. The van der Waals surface area contributed by atoms with Crippen LogP contribution in [0.4, 0.5) is 0 Å². The summed E-state index contributed by atoms with van der Waals surface area (Å²) in [6.45, 7) is 0.726. The minimum atomic E-state index is -0.0843. The van der Waals surface area contributed by atoms with Gasteiger partial charge >= 0.3 is 0 Å². The van der Waals surface area contributed by atoms with Gasteiger partial charge in [0, 0.05) is 37.3 Å². The first-order valence-electron chi connectivity index (χ1n) is 7.37. The predicted molar refractivity (Wildman–Crippen MR) is 73.1 cm³/mol. The van der Waals surface area contributed by atoms with Crippen molar-refractivity contribution in [1.29, 1.82) is 0 Å². The van der Waals surface area contributed by atoms with Gasteiger partial charge < -0.3 is 4.90 Å². The number of amides is 1. The van der Waals surface area contributed by atoms with Crippen LogP contribution in [0.25, 0.3) is 0 Å². The molecule has 1 amide bonds. The van der Waals surface area contributed by atoms with Gasteiger partial charge in [-0.2, -0.15) is 0 Å². The fraction of sp³-hybridized carbons (Fsp3) is 0.600. The summed E-state index contributed by atoms with van der Waals surface area (Å²) in [4.78, 5) is 34.5. The van der Waals surface area contributed by atoms with E-state index in [1.54, 1.807) is 6.20 Å². The summed E-state index contributed by atoms with van der Waals surface area (Å²) in [6, 6.07) is 0.0670. The normalized spacial score (nSPS) is 26.8. The first-order valence-corrected chi connectivity index (χ1v) is 7.37. The number of hydrogen-bond acceptors (Lipinski definition) is 4. The number of carbonyl (C=O) groups is 2. The van der Waals surface area contributed by atoms with Crippen LogP contribution in [-0.4, -0.2) is 39.1 Å². The molecule has 106 valence electrons. The summed E-state index contributed by atoms with van der Waals surface area (Å²) < 4.78 is 0. The van der Waals surface area contributed by atoms with Crippen molar-refractivity contribution in [3.8, 4) is 0 Å². The van der Waals surface area contributed by atoms with Crippen LogP contribution in [0, 0.1) is 5.92 Å². The van der Waals surface area contributed by atoms with Gasteiger partial charge in [-0.05, 0) is 25.7 Å². The van der Waals surface area contributed by atoms with E-state index in [4.69, 9.17) is 0 Å². The number of Topliss-reactive ketones (excluding diaryl/α,β-unsaturated/α-hetero) is 1. The van der Waals surface area contributed by atoms with Crippen LogP contribution in [-0.2, 0) is 4.79 Å². The number of likely N-dealkylation sites (tertiary alicyclic amines) is 1. The lowest BCUT2D eigenvalue weighted by molar-refractivity contribution is -0.126. The Hall–Kier alpha value is -1.78. The zero-order valence-corrected chi connectivity index (χ0v) is 11.5. The highest BCUT2D eigenvalue weighted by molar-refractivity contribution is 5.93. The van der Waals surface area contributed by atoms with Gasteiger partial charge in [-0.3, -0.25) is 14.6 Å². The smallest absolute Gasteiger partial charge is 0.274 e. The summed E-state index contributed by atoms with van der Waals surface area (Å²) in [7, 11) is 0. The zero-order chi connectivity index (χ0) is 13.9. The van der Waals surface area contributed by atoms with Crippen molar-refractivity contribution in [2.24, 2.45) is 5.92 Å². The number of hydrogen-bond donors (Lipinski definition) is 0. The van der Waals surface area contributed by atoms with E-state index in [9.17, 15) is 9.59 Å². The van der Waals surface area contributed by atoms with Gasteiger partial charge in [0.2, 0.25) is 0 Å². The molecule has 2 fully saturated rings. The standard InChI is InChI=1S/C15H19N3O2/c19-14-6-2-1-4-11(14)13-5-3-9-18(13)15(20)12-10-16-7-8-17-12/h7-8,10-11,13H,1-6,9H2. The van der Waals surface area contributed by atoms with E-state index < -0.39 is 0 Å². The van der Waals surface area contributed by atoms with Crippen LogP contribution in [0.3, 0.4) is 0 Å². The maximum absolute atomic E-state index is 12.5. The molecule has 0 spiro atoms. The van der Waals surface area contributed by atoms with Crippen LogP contribution in [0.1, 0.15) is 49.0 Å². The molecule has 1 aliphatic carbocycles. The first kappa shape index (κ1) is 13.2. The van der Waals surface area contributed by atoms with E-state index in [1.165, 1.54) is 12.4 Å². The molecule has 0 aromatic carbocycles. The van der Waals surface area contributed by atoms with Crippen LogP contribution in [0.2, 0.25) is 0 Å². The first-order chi connectivity index (χ1) is 9.77. The van der Waals surface area contributed by atoms with Crippen molar-refractivity contribution < 1.29 is 9.59 Å². The highest BCUT2D eigenvalue weighted by Gasteiger charge is 2.39. The van der Waals surface area contributed by atoms with Crippen molar-refractivity contribution in [1.82, 2.24) is 14.9 Å². The Morgan fingerprint density at radius 1 is 1.20 bits per heavy atom. The third-order valence-corrected chi connectivity index (χ3v) is 4.41. The largest absolute Gasteiger partial charge is 0.334 e. The number of aromatic nitrogens is 2. The Labute approximate surface area is 118 Å². The van der Waals surface area contributed by atoms with Gasteiger partial charge in [-0.25, -0.2) is 4.98 Å². The highest BCUT2D eigenvalue weighted by Crippen LogP contribution is 2.32. The van der Waals surface area contributed by atoms with E-state index in [1.807, 2.05) is 4.90 Å². The Kier molecular flexibility index (Phi) is 3.76. The molecule has 20 heavy (non-hydrogen) atoms. The molecule has 0 N–H and O–H groups in total. The van der Waals surface area contributed by atoms with Gasteiger partial charge in [-0.15, -0.1) is 0 Å². The monoisotopic (exact) mass is 273 g/mol. The van der Waals surface area contributed by atoms with Crippen LogP contribution in [0.15, 0.2) is 18.6 Å². The molecule has 2 unspecified atom stereocenters. The third-order valence-electron chi connectivity index (χ3n) is 4.41.